The molecule has 0 bridgehead atoms. The van der Waals surface area contributed by atoms with E-state index in [1.54, 1.807) is 52.4 Å². The molecule has 14 heteroatoms. The zero-order valence-corrected chi connectivity index (χ0v) is 25.0. The van der Waals surface area contributed by atoms with Gasteiger partial charge < -0.3 is 24.5 Å². The Morgan fingerprint density at radius 2 is 1.85 bits per heavy atom. The zero-order chi connectivity index (χ0) is 29.2. The molecule has 0 aliphatic rings. The number of nitrogen functional groups attached to an aromatic ring is 1. The number of hydrogen-bond donors (Lipinski definition) is 3. The summed E-state index contributed by atoms with van der Waals surface area (Å²) in [4.78, 5) is 37.7. The number of ether oxygens (including phenoxy) is 3. The molecule has 220 valence electrons. The van der Waals surface area contributed by atoms with E-state index in [9.17, 15) is 14.2 Å². The lowest BCUT2D eigenvalue weighted by molar-refractivity contribution is -0.153. The van der Waals surface area contributed by atoms with Gasteiger partial charge in [-0.2, -0.15) is 0 Å². The molecule has 4 N–H and O–H groups in total. The average Bonchev–Trinajstić information content (AvgIpc) is 3.25. The molecule has 3 atom stereocenters. The number of carbonyl (C=O) groups excluding carboxylic acids is 2. The van der Waals surface area contributed by atoms with Gasteiger partial charge in [0, 0.05) is 0 Å². The van der Waals surface area contributed by atoms with Crippen molar-refractivity contribution in [3.63, 3.8) is 0 Å². The second-order valence-electron chi connectivity index (χ2n) is 10.4. The molecule has 13 nitrogen and oxygen atoms in total. The fourth-order valence-corrected chi connectivity index (χ4v) is 6.14. The first kappa shape index (κ1) is 32.6. The summed E-state index contributed by atoms with van der Waals surface area (Å²) in [6.45, 7) is 12.7. The maximum absolute atomic E-state index is 14.1. The molecule has 0 aromatic carbocycles. The van der Waals surface area contributed by atoms with Crippen LogP contribution >= 0.6 is 7.44 Å². The Hall–Kier alpha value is -2.60. The maximum atomic E-state index is 14.1. The van der Waals surface area contributed by atoms with Gasteiger partial charge in [-0.1, -0.05) is 26.2 Å². The Kier molecular flexibility index (Phi) is 12.3. The SMILES string of the molecule is CCCCCCOC(=O)[C@@H](C)NP(=O)(CO[C@H](C)Cn1cnc2c(N)ncnc21)NC(C)(C)C(=O)OC(C)C. The summed E-state index contributed by atoms with van der Waals surface area (Å²) >= 11 is 0. The molecule has 0 saturated carbocycles. The van der Waals surface area contributed by atoms with Gasteiger partial charge in [-0.05, 0) is 48.0 Å². The van der Waals surface area contributed by atoms with Crippen LogP contribution in [0.25, 0.3) is 11.2 Å². The van der Waals surface area contributed by atoms with E-state index in [1.165, 1.54) is 6.33 Å². The van der Waals surface area contributed by atoms with Crippen LogP contribution in [0.5, 0.6) is 0 Å². The van der Waals surface area contributed by atoms with Crippen LogP contribution in [0.3, 0.4) is 0 Å². The molecule has 2 heterocycles. The first-order valence-electron chi connectivity index (χ1n) is 13.3. The van der Waals surface area contributed by atoms with E-state index in [0.29, 0.717) is 17.7 Å². The first-order valence-corrected chi connectivity index (χ1v) is 15.2. The average molecular weight is 570 g/mol. The highest BCUT2D eigenvalue weighted by atomic mass is 31.2. The van der Waals surface area contributed by atoms with Crippen molar-refractivity contribution in [2.24, 2.45) is 0 Å². The number of imidazole rings is 1. The first-order chi connectivity index (χ1) is 18.3. The number of hydrogen-bond acceptors (Lipinski definition) is 10. The van der Waals surface area contributed by atoms with Crippen LogP contribution in [0.1, 0.15) is 74.1 Å². The van der Waals surface area contributed by atoms with Gasteiger partial charge in [0.2, 0.25) is 7.44 Å². The van der Waals surface area contributed by atoms with Crippen molar-refractivity contribution in [1.29, 1.82) is 0 Å². The molecule has 0 aliphatic carbocycles. The minimum Gasteiger partial charge on any atom is -0.465 e. The topological polar surface area (TPSA) is 173 Å². The molecule has 0 saturated heterocycles. The molecule has 0 spiro atoms. The predicted octanol–water partition coefficient (Wildman–Crippen LogP) is 3.39. The van der Waals surface area contributed by atoms with Crippen molar-refractivity contribution < 1.29 is 28.4 Å². The summed E-state index contributed by atoms with van der Waals surface area (Å²) in [5.41, 5.74) is 5.55. The van der Waals surface area contributed by atoms with Crippen LogP contribution in [0.15, 0.2) is 12.7 Å². The number of esters is 2. The van der Waals surface area contributed by atoms with Crippen molar-refractivity contribution in [2.75, 3.05) is 18.7 Å². The van der Waals surface area contributed by atoms with E-state index < -0.39 is 37.1 Å². The van der Waals surface area contributed by atoms with Gasteiger partial charge in [-0.25, -0.2) is 25.1 Å². The normalized spacial score (nSPS) is 15.2. The number of rotatable bonds is 17. The Morgan fingerprint density at radius 1 is 1.13 bits per heavy atom. The van der Waals surface area contributed by atoms with E-state index in [-0.39, 0.29) is 24.9 Å². The summed E-state index contributed by atoms with van der Waals surface area (Å²) in [6.07, 6.45) is 5.69. The second-order valence-corrected chi connectivity index (χ2v) is 12.7. The van der Waals surface area contributed by atoms with Crippen LogP contribution in [0.2, 0.25) is 0 Å². The summed E-state index contributed by atoms with van der Waals surface area (Å²) < 4.78 is 32.5. The van der Waals surface area contributed by atoms with Crippen LogP contribution in [0.4, 0.5) is 5.82 Å². The summed E-state index contributed by atoms with van der Waals surface area (Å²) in [7, 11) is -3.69. The van der Waals surface area contributed by atoms with Gasteiger partial charge in [0.15, 0.2) is 11.5 Å². The fraction of sp³-hybridized carbons (Fsp3) is 0.720. The molecular weight excluding hydrogens is 525 g/mol. The van der Waals surface area contributed by atoms with Crippen molar-refractivity contribution in [3.8, 4) is 0 Å². The highest BCUT2D eigenvalue weighted by Gasteiger charge is 2.39. The summed E-state index contributed by atoms with van der Waals surface area (Å²) in [6, 6.07) is -0.914. The maximum Gasteiger partial charge on any atom is 0.326 e. The monoisotopic (exact) mass is 569 g/mol. The third-order valence-electron chi connectivity index (χ3n) is 5.74. The number of fused-ring (bicyclic) bond motifs is 1. The van der Waals surface area contributed by atoms with Crippen LogP contribution in [0, 0.1) is 0 Å². The Balaban J connectivity index is 2.12. The van der Waals surface area contributed by atoms with Gasteiger partial charge in [0.1, 0.15) is 29.8 Å². The molecule has 0 amide bonds. The Labute approximate surface area is 230 Å². The fourth-order valence-electron chi connectivity index (χ4n) is 3.75. The third-order valence-corrected chi connectivity index (χ3v) is 7.97. The lowest BCUT2D eigenvalue weighted by Crippen LogP contribution is -2.50. The van der Waals surface area contributed by atoms with Crippen molar-refractivity contribution in [1.82, 2.24) is 29.7 Å². The standard InChI is InChI=1S/C25H44N7O6P/c1-8-9-10-11-12-36-23(33)19(5)30-39(35,31-25(6,7)24(34)38-17(2)3)16-37-18(4)13-32-15-29-20-21(26)27-14-28-22(20)32/h14-15,17-19H,8-13,16H2,1-7H3,(H2,26,27,28)(H2,30,31,35)/t18-,19-,39?/m1/s1. The van der Waals surface area contributed by atoms with Crippen molar-refractivity contribution in [3.05, 3.63) is 12.7 Å². The number of nitrogens with one attached hydrogen (secondary N) is 2. The number of anilines is 1. The molecule has 39 heavy (non-hydrogen) atoms. The summed E-state index contributed by atoms with van der Waals surface area (Å²) in [5.74, 6) is -0.848. The highest BCUT2D eigenvalue weighted by molar-refractivity contribution is 7.59. The smallest absolute Gasteiger partial charge is 0.326 e. The quantitative estimate of drug-likeness (QED) is 0.144. The lowest BCUT2D eigenvalue weighted by Gasteiger charge is -2.32. The number of nitrogens with zero attached hydrogens (tertiary/aromatic N) is 4. The lowest BCUT2D eigenvalue weighted by atomic mass is 10.1. The number of carbonyl (C=O) groups is 2. The molecular formula is C25H44N7O6P. The van der Waals surface area contributed by atoms with Crippen molar-refractivity contribution >= 4 is 36.4 Å². The molecule has 2 aromatic rings. The van der Waals surface area contributed by atoms with E-state index in [4.69, 9.17) is 19.9 Å². The van der Waals surface area contributed by atoms with Crippen LogP contribution < -0.4 is 15.9 Å². The number of aromatic nitrogens is 4. The number of nitrogens with two attached hydrogens (primary N) is 1. The van der Waals surface area contributed by atoms with E-state index in [2.05, 4.69) is 32.1 Å². The van der Waals surface area contributed by atoms with Crippen molar-refractivity contribution in [2.45, 2.75) is 104 Å². The molecule has 1 unspecified atom stereocenters. The zero-order valence-electron chi connectivity index (χ0n) is 24.1. The van der Waals surface area contributed by atoms with E-state index in [0.717, 1.165) is 25.7 Å². The van der Waals surface area contributed by atoms with Gasteiger partial charge >= 0.3 is 11.9 Å². The Bertz CT molecular complexity index is 1140. The van der Waals surface area contributed by atoms with Gasteiger partial charge in [-0.15, -0.1) is 0 Å². The minimum atomic E-state index is -3.69. The number of unbranched alkanes of at least 4 members (excludes halogenated alkanes) is 3. The van der Waals surface area contributed by atoms with E-state index >= 15 is 0 Å². The van der Waals surface area contributed by atoms with Gasteiger partial charge in [0.25, 0.3) is 0 Å². The molecule has 0 fully saturated rings. The van der Waals surface area contributed by atoms with Crippen LogP contribution in [-0.4, -0.2) is 68.2 Å². The largest absolute Gasteiger partial charge is 0.465 e. The molecule has 2 aromatic heterocycles. The molecule has 0 aliphatic heterocycles. The van der Waals surface area contributed by atoms with E-state index in [1.807, 2.05) is 0 Å². The van der Waals surface area contributed by atoms with Gasteiger partial charge in [0.05, 0.1) is 31.7 Å². The van der Waals surface area contributed by atoms with Gasteiger partial charge in [-0.3, -0.25) is 14.2 Å². The molecule has 2 rings (SSSR count). The minimum absolute atomic E-state index is 0.270. The third kappa shape index (κ3) is 10.1. The second kappa shape index (κ2) is 14.7. The predicted molar refractivity (Wildman–Crippen MR) is 149 cm³/mol. The molecule has 0 radical (unpaired) electrons. The highest BCUT2D eigenvalue weighted by Crippen LogP contribution is 2.40. The van der Waals surface area contributed by atoms with Crippen LogP contribution in [-0.2, 0) is 34.9 Å². The summed E-state index contributed by atoms with van der Waals surface area (Å²) in [5, 5.41) is 5.72. The Morgan fingerprint density at radius 3 is 2.51 bits per heavy atom.